The first kappa shape index (κ1) is 13.4. The molecule has 0 radical (unpaired) electrons. The minimum atomic E-state index is 0.0463. The fraction of sp³-hybridized carbons (Fsp3) is 0.933. The maximum atomic E-state index is 12.0. The van der Waals surface area contributed by atoms with Crippen LogP contribution in [0.4, 0.5) is 0 Å². The number of hydrogen-bond donors (Lipinski definition) is 2. The van der Waals surface area contributed by atoms with E-state index in [2.05, 4.69) is 22.5 Å². The van der Waals surface area contributed by atoms with Crippen LogP contribution in [-0.4, -0.2) is 48.6 Å². The Labute approximate surface area is 116 Å². The average Bonchev–Trinajstić information content (AvgIpc) is 3.30. The molecule has 1 amide bonds. The molecule has 108 valence electrons. The van der Waals surface area contributed by atoms with Gasteiger partial charge in [0.1, 0.15) is 0 Å². The van der Waals surface area contributed by atoms with Gasteiger partial charge in [0.25, 0.3) is 0 Å². The van der Waals surface area contributed by atoms with Crippen LogP contribution in [-0.2, 0) is 4.79 Å². The zero-order valence-electron chi connectivity index (χ0n) is 12.0. The standard InChI is InChI=1S/C15H27N3O/c1-11(15(19)17-14-4-5-14)18-8-6-13(7-9-18)16-10-12-2-3-12/h11-14,16H,2-10H2,1H3,(H,17,19). The maximum Gasteiger partial charge on any atom is 0.237 e. The predicted octanol–water partition coefficient (Wildman–Crippen LogP) is 1.12. The number of amides is 1. The molecule has 0 aromatic rings. The summed E-state index contributed by atoms with van der Waals surface area (Å²) in [6.07, 6.45) is 7.56. The first-order valence-electron chi connectivity index (χ1n) is 8.00. The zero-order valence-corrected chi connectivity index (χ0v) is 12.0. The third kappa shape index (κ3) is 3.93. The lowest BCUT2D eigenvalue weighted by Crippen LogP contribution is -2.51. The molecular formula is C15H27N3O. The third-order valence-electron chi connectivity index (χ3n) is 4.77. The SMILES string of the molecule is CC(C(=O)NC1CC1)N1CCC(NCC2CC2)CC1. The summed E-state index contributed by atoms with van der Waals surface area (Å²) in [5, 5.41) is 6.80. The molecule has 1 unspecified atom stereocenters. The molecule has 1 atom stereocenters. The normalized spacial score (nSPS) is 27.2. The lowest BCUT2D eigenvalue weighted by molar-refractivity contribution is -0.126. The molecule has 1 aliphatic heterocycles. The van der Waals surface area contributed by atoms with Crippen LogP contribution in [0.5, 0.6) is 0 Å². The van der Waals surface area contributed by atoms with E-state index in [9.17, 15) is 4.79 Å². The highest BCUT2D eigenvalue weighted by Gasteiger charge is 2.30. The van der Waals surface area contributed by atoms with Crippen LogP contribution in [0, 0.1) is 5.92 Å². The van der Waals surface area contributed by atoms with Crippen molar-refractivity contribution in [2.45, 2.75) is 63.6 Å². The number of carbonyl (C=O) groups is 1. The van der Waals surface area contributed by atoms with Gasteiger partial charge in [0, 0.05) is 25.2 Å². The largest absolute Gasteiger partial charge is 0.352 e. The summed E-state index contributed by atoms with van der Waals surface area (Å²) in [6, 6.07) is 1.20. The van der Waals surface area contributed by atoms with Crippen molar-refractivity contribution in [1.29, 1.82) is 0 Å². The molecule has 3 rings (SSSR count). The van der Waals surface area contributed by atoms with E-state index >= 15 is 0 Å². The Balaban J connectivity index is 1.36. The molecule has 1 heterocycles. The van der Waals surface area contributed by atoms with Crippen molar-refractivity contribution < 1.29 is 4.79 Å². The van der Waals surface area contributed by atoms with E-state index in [1.807, 2.05) is 0 Å². The summed E-state index contributed by atoms with van der Waals surface area (Å²) in [5.41, 5.74) is 0. The van der Waals surface area contributed by atoms with Gasteiger partial charge >= 0.3 is 0 Å². The Morgan fingerprint density at radius 2 is 1.79 bits per heavy atom. The van der Waals surface area contributed by atoms with E-state index < -0.39 is 0 Å². The second-order valence-corrected chi connectivity index (χ2v) is 6.62. The van der Waals surface area contributed by atoms with Gasteiger partial charge in [0.05, 0.1) is 6.04 Å². The Morgan fingerprint density at radius 1 is 1.11 bits per heavy atom. The fourth-order valence-electron chi connectivity index (χ4n) is 2.86. The summed E-state index contributed by atoms with van der Waals surface area (Å²) in [7, 11) is 0. The molecule has 2 aliphatic carbocycles. The Morgan fingerprint density at radius 3 is 2.37 bits per heavy atom. The second-order valence-electron chi connectivity index (χ2n) is 6.62. The smallest absolute Gasteiger partial charge is 0.237 e. The van der Waals surface area contributed by atoms with E-state index in [1.54, 1.807) is 0 Å². The molecule has 4 heteroatoms. The van der Waals surface area contributed by atoms with Gasteiger partial charge in [-0.2, -0.15) is 0 Å². The van der Waals surface area contributed by atoms with Gasteiger partial charge in [-0.3, -0.25) is 9.69 Å². The molecule has 19 heavy (non-hydrogen) atoms. The van der Waals surface area contributed by atoms with Crippen LogP contribution in [0.15, 0.2) is 0 Å². The van der Waals surface area contributed by atoms with Crippen LogP contribution in [0.2, 0.25) is 0 Å². The quantitative estimate of drug-likeness (QED) is 0.756. The highest BCUT2D eigenvalue weighted by atomic mass is 16.2. The monoisotopic (exact) mass is 265 g/mol. The number of nitrogens with one attached hydrogen (secondary N) is 2. The number of piperidine rings is 1. The lowest BCUT2D eigenvalue weighted by Gasteiger charge is -2.35. The summed E-state index contributed by atoms with van der Waals surface area (Å²) in [4.78, 5) is 14.4. The van der Waals surface area contributed by atoms with E-state index in [0.29, 0.717) is 12.1 Å². The van der Waals surface area contributed by atoms with Crippen molar-refractivity contribution in [3.63, 3.8) is 0 Å². The lowest BCUT2D eigenvalue weighted by atomic mass is 10.0. The van der Waals surface area contributed by atoms with Crippen LogP contribution in [0.25, 0.3) is 0 Å². The first-order valence-corrected chi connectivity index (χ1v) is 8.00. The molecule has 3 aliphatic rings. The van der Waals surface area contributed by atoms with Crippen molar-refractivity contribution in [3.8, 4) is 0 Å². The molecule has 2 saturated carbocycles. The highest BCUT2D eigenvalue weighted by Crippen LogP contribution is 2.28. The van der Waals surface area contributed by atoms with Crippen molar-refractivity contribution in [2.24, 2.45) is 5.92 Å². The molecule has 3 fully saturated rings. The minimum absolute atomic E-state index is 0.0463. The molecule has 0 aromatic heterocycles. The van der Waals surface area contributed by atoms with Crippen molar-refractivity contribution >= 4 is 5.91 Å². The van der Waals surface area contributed by atoms with E-state index in [-0.39, 0.29) is 11.9 Å². The second kappa shape index (κ2) is 5.80. The number of carbonyl (C=O) groups excluding carboxylic acids is 1. The van der Waals surface area contributed by atoms with E-state index in [0.717, 1.165) is 19.0 Å². The summed E-state index contributed by atoms with van der Waals surface area (Å²) in [6.45, 7) is 5.38. The van der Waals surface area contributed by atoms with Gasteiger partial charge < -0.3 is 10.6 Å². The Hall–Kier alpha value is -0.610. The summed E-state index contributed by atoms with van der Waals surface area (Å²) >= 11 is 0. The minimum Gasteiger partial charge on any atom is -0.352 e. The summed E-state index contributed by atoms with van der Waals surface area (Å²) in [5.74, 6) is 1.19. The summed E-state index contributed by atoms with van der Waals surface area (Å²) < 4.78 is 0. The molecule has 0 aromatic carbocycles. The molecular weight excluding hydrogens is 238 g/mol. The average molecular weight is 265 g/mol. The topological polar surface area (TPSA) is 44.4 Å². The van der Waals surface area contributed by atoms with Crippen LogP contribution < -0.4 is 10.6 Å². The van der Waals surface area contributed by atoms with Crippen molar-refractivity contribution in [3.05, 3.63) is 0 Å². The van der Waals surface area contributed by atoms with Gasteiger partial charge in [-0.05, 0) is 57.9 Å². The Bertz CT molecular complexity index is 317. The number of nitrogens with zero attached hydrogens (tertiary/aromatic N) is 1. The van der Waals surface area contributed by atoms with Crippen LogP contribution in [0.3, 0.4) is 0 Å². The number of likely N-dealkylation sites (tertiary alicyclic amines) is 1. The van der Waals surface area contributed by atoms with Crippen molar-refractivity contribution in [1.82, 2.24) is 15.5 Å². The van der Waals surface area contributed by atoms with Gasteiger partial charge in [-0.15, -0.1) is 0 Å². The number of rotatable bonds is 6. The Kier molecular flexibility index (Phi) is 4.08. The molecule has 0 bridgehead atoms. The zero-order chi connectivity index (χ0) is 13.2. The van der Waals surface area contributed by atoms with Gasteiger partial charge in [0.2, 0.25) is 5.91 Å². The molecule has 1 saturated heterocycles. The van der Waals surface area contributed by atoms with E-state index in [4.69, 9.17) is 0 Å². The predicted molar refractivity (Wildman–Crippen MR) is 75.9 cm³/mol. The number of hydrogen-bond acceptors (Lipinski definition) is 3. The van der Waals surface area contributed by atoms with Crippen LogP contribution >= 0.6 is 0 Å². The highest BCUT2D eigenvalue weighted by molar-refractivity contribution is 5.81. The van der Waals surface area contributed by atoms with Gasteiger partial charge in [-0.1, -0.05) is 0 Å². The molecule has 4 nitrogen and oxygen atoms in total. The third-order valence-corrected chi connectivity index (χ3v) is 4.77. The van der Waals surface area contributed by atoms with Gasteiger partial charge in [-0.25, -0.2) is 0 Å². The maximum absolute atomic E-state index is 12.0. The fourth-order valence-corrected chi connectivity index (χ4v) is 2.86. The van der Waals surface area contributed by atoms with E-state index in [1.165, 1.54) is 45.1 Å². The molecule has 2 N–H and O–H groups in total. The van der Waals surface area contributed by atoms with Crippen molar-refractivity contribution in [2.75, 3.05) is 19.6 Å². The van der Waals surface area contributed by atoms with Gasteiger partial charge in [0.15, 0.2) is 0 Å². The molecule has 0 spiro atoms. The van der Waals surface area contributed by atoms with Crippen LogP contribution in [0.1, 0.15) is 45.4 Å². The first-order chi connectivity index (χ1) is 9.22.